The monoisotopic (exact) mass is 246 g/mol. The van der Waals surface area contributed by atoms with E-state index in [1.165, 1.54) is 0 Å². The molecule has 0 radical (unpaired) electrons. The van der Waals surface area contributed by atoms with Gasteiger partial charge < -0.3 is 15.7 Å². The van der Waals surface area contributed by atoms with Crippen LogP contribution in [0.15, 0.2) is 30.4 Å². The molecule has 0 aromatic heterocycles. The van der Waals surface area contributed by atoms with E-state index in [1.54, 1.807) is 18.2 Å². The molecule has 92 valence electrons. The van der Waals surface area contributed by atoms with Crippen LogP contribution in [-0.4, -0.2) is 22.9 Å². The summed E-state index contributed by atoms with van der Waals surface area (Å²) in [5.41, 5.74) is 2.06. The first kappa shape index (κ1) is 11.8. The van der Waals surface area contributed by atoms with Crippen LogP contribution in [-0.2, 0) is 20.8 Å². The Morgan fingerprint density at radius 3 is 2.83 bits per heavy atom. The van der Waals surface area contributed by atoms with E-state index >= 15 is 0 Å². The highest BCUT2D eigenvalue weighted by molar-refractivity contribution is 6.03. The van der Waals surface area contributed by atoms with E-state index in [0.717, 1.165) is 23.4 Å². The summed E-state index contributed by atoms with van der Waals surface area (Å²) in [6, 6.07) is 5.01. The number of amides is 2. The first-order valence-electron chi connectivity index (χ1n) is 5.19. The number of hydrogen-bond acceptors (Lipinski definition) is 3. The van der Waals surface area contributed by atoms with Crippen LogP contribution in [0.5, 0.6) is 0 Å². The molecule has 0 saturated heterocycles. The third kappa shape index (κ3) is 2.73. The Morgan fingerprint density at radius 2 is 2.11 bits per heavy atom. The summed E-state index contributed by atoms with van der Waals surface area (Å²) in [6.07, 6.45) is 1.97. The number of benzene rings is 1. The molecule has 18 heavy (non-hydrogen) atoms. The SMILES string of the molecule is O=C(O)/C=C/C(=O)Nc1ccc2c(c1)CC(=O)N2. The Morgan fingerprint density at radius 1 is 1.33 bits per heavy atom. The lowest BCUT2D eigenvalue weighted by Gasteiger charge is -2.04. The molecule has 1 aromatic rings. The maximum Gasteiger partial charge on any atom is 0.328 e. The molecule has 0 spiro atoms. The van der Waals surface area contributed by atoms with Crippen LogP contribution < -0.4 is 10.6 Å². The summed E-state index contributed by atoms with van der Waals surface area (Å²) in [6.45, 7) is 0. The van der Waals surface area contributed by atoms with Gasteiger partial charge in [0.05, 0.1) is 6.42 Å². The molecule has 2 amide bonds. The smallest absolute Gasteiger partial charge is 0.328 e. The van der Waals surface area contributed by atoms with Crippen molar-refractivity contribution in [1.82, 2.24) is 0 Å². The highest BCUT2D eigenvalue weighted by Gasteiger charge is 2.17. The molecule has 6 nitrogen and oxygen atoms in total. The molecule has 1 heterocycles. The third-order valence-electron chi connectivity index (χ3n) is 2.38. The van der Waals surface area contributed by atoms with E-state index in [-0.39, 0.29) is 12.3 Å². The lowest BCUT2D eigenvalue weighted by atomic mass is 10.1. The Bertz CT molecular complexity index is 563. The number of carboxylic acids is 1. The van der Waals surface area contributed by atoms with Gasteiger partial charge in [-0.05, 0) is 23.8 Å². The van der Waals surface area contributed by atoms with Gasteiger partial charge in [-0.1, -0.05) is 0 Å². The minimum Gasteiger partial charge on any atom is -0.478 e. The largest absolute Gasteiger partial charge is 0.478 e. The molecule has 2 rings (SSSR count). The van der Waals surface area contributed by atoms with Gasteiger partial charge in [-0.3, -0.25) is 9.59 Å². The van der Waals surface area contributed by atoms with Crippen molar-refractivity contribution in [1.29, 1.82) is 0 Å². The van der Waals surface area contributed by atoms with E-state index in [2.05, 4.69) is 10.6 Å². The zero-order chi connectivity index (χ0) is 13.1. The summed E-state index contributed by atoms with van der Waals surface area (Å²) in [5.74, 6) is -1.80. The Hall–Kier alpha value is -2.63. The van der Waals surface area contributed by atoms with E-state index in [0.29, 0.717) is 5.69 Å². The molecule has 1 aliphatic rings. The average Bonchev–Trinajstić information content (AvgIpc) is 2.66. The van der Waals surface area contributed by atoms with E-state index in [9.17, 15) is 14.4 Å². The van der Waals surface area contributed by atoms with Crippen LogP contribution >= 0.6 is 0 Å². The van der Waals surface area contributed by atoms with Gasteiger partial charge in [-0.25, -0.2) is 4.79 Å². The summed E-state index contributed by atoms with van der Waals surface area (Å²) in [5, 5.41) is 13.6. The predicted molar refractivity (Wildman–Crippen MR) is 64.2 cm³/mol. The molecule has 0 unspecified atom stereocenters. The van der Waals surface area contributed by atoms with Crippen molar-refractivity contribution < 1.29 is 19.5 Å². The van der Waals surface area contributed by atoms with Crippen LogP contribution in [0.4, 0.5) is 11.4 Å². The average molecular weight is 246 g/mol. The molecule has 1 aromatic carbocycles. The van der Waals surface area contributed by atoms with Crippen molar-refractivity contribution in [2.45, 2.75) is 6.42 Å². The molecule has 6 heteroatoms. The van der Waals surface area contributed by atoms with Crippen molar-refractivity contribution >= 4 is 29.2 Å². The van der Waals surface area contributed by atoms with Gasteiger partial charge >= 0.3 is 5.97 Å². The number of aliphatic carboxylic acids is 1. The zero-order valence-corrected chi connectivity index (χ0v) is 9.27. The fourth-order valence-electron chi connectivity index (χ4n) is 1.64. The highest BCUT2D eigenvalue weighted by Crippen LogP contribution is 2.25. The van der Waals surface area contributed by atoms with E-state index < -0.39 is 11.9 Å². The summed E-state index contributed by atoms with van der Waals surface area (Å²) in [7, 11) is 0. The first-order valence-corrected chi connectivity index (χ1v) is 5.19. The number of rotatable bonds is 3. The van der Waals surface area contributed by atoms with Gasteiger partial charge in [0.15, 0.2) is 0 Å². The minimum atomic E-state index is -1.19. The van der Waals surface area contributed by atoms with Crippen molar-refractivity contribution in [2.24, 2.45) is 0 Å². The second-order valence-electron chi connectivity index (χ2n) is 3.76. The Balaban J connectivity index is 2.07. The van der Waals surface area contributed by atoms with Crippen molar-refractivity contribution in [3.63, 3.8) is 0 Å². The number of carboxylic acid groups (broad SMARTS) is 1. The van der Waals surface area contributed by atoms with Gasteiger partial charge in [-0.2, -0.15) is 0 Å². The number of carbonyl (C=O) groups excluding carboxylic acids is 2. The van der Waals surface area contributed by atoms with Crippen LogP contribution in [0.2, 0.25) is 0 Å². The van der Waals surface area contributed by atoms with Gasteiger partial charge in [0.25, 0.3) is 0 Å². The van der Waals surface area contributed by atoms with Gasteiger partial charge in [0.1, 0.15) is 0 Å². The first-order chi connectivity index (χ1) is 8.54. The van der Waals surface area contributed by atoms with Crippen LogP contribution in [0.1, 0.15) is 5.56 Å². The van der Waals surface area contributed by atoms with Crippen molar-refractivity contribution in [3.8, 4) is 0 Å². The molecular weight excluding hydrogens is 236 g/mol. The minimum absolute atomic E-state index is 0.0840. The maximum absolute atomic E-state index is 11.3. The molecule has 0 fully saturated rings. The number of anilines is 2. The van der Waals surface area contributed by atoms with E-state index in [4.69, 9.17) is 5.11 Å². The van der Waals surface area contributed by atoms with Crippen LogP contribution in [0.25, 0.3) is 0 Å². The maximum atomic E-state index is 11.3. The van der Waals surface area contributed by atoms with Gasteiger partial charge in [0.2, 0.25) is 11.8 Å². The van der Waals surface area contributed by atoms with Crippen molar-refractivity contribution in [3.05, 3.63) is 35.9 Å². The predicted octanol–water partition coefficient (Wildman–Crippen LogP) is 0.760. The second kappa shape index (κ2) is 4.70. The Labute approximate surface area is 102 Å². The lowest BCUT2D eigenvalue weighted by Crippen LogP contribution is -2.08. The van der Waals surface area contributed by atoms with E-state index in [1.807, 2.05) is 0 Å². The highest BCUT2D eigenvalue weighted by atomic mass is 16.4. The third-order valence-corrected chi connectivity index (χ3v) is 2.38. The number of hydrogen-bond donors (Lipinski definition) is 3. The molecule has 3 N–H and O–H groups in total. The molecule has 0 aliphatic carbocycles. The summed E-state index contributed by atoms with van der Waals surface area (Å²) >= 11 is 0. The van der Waals surface area contributed by atoms with Gasteiger partial charge in [-0.15, -0.1) is 0 Å². The van der Waals surface area contributed by atoms with Crippen LogP contribution in [0.3, 0.4) is 0 Å². The Kier molecular flexibility index (Phi) is 3.09. The summed E-state index contributed by atoms with van der Waals surface area (Å²) < 4.78 is 0. The zero-order valence-electron chi connectivity index (χ0n) is 9.27. The molecule has 0 atom stereocenters. The normalized spacial score (nSPS) is 13.2. The topological polar surface area (TPSA) is 95.5 Å². The molecule has 0 bridgehead atoms. The van der Waals surface area contributed by atoms with Crippen LogP contribution in [0, 0.1) is 0 Å². The molecular formula is C12H10N2O4. The summed E-state index contributed by atoms with van der Waals surface area (Å²) in [4.78, 5) is 32.7. The number of nitrogens with one attached hydrogen (secondary N) is 2. The number of fused-ring (bicyclic) bond motifs is 1. The van der Waals surface area contributed by atoms with Crippen molar-refractivity contribution in [2.75, 3.05) is 10.6 Å². The lowest BCUT2D eigenvalue weighted by molar-refractivity contribution is -0.131. The molecule has 0 saturated carbocycles. The number of carbonyl (C=O) groups is 3. The fourth-order valence-corrected chi connectivity index (χ4v) is 1.64. The standard InChI is InChI=1S/C12H10N2O4/c15-10(3-4-12(17)18)13-8-1-2-9-7(5-8)6-11(16)14-9/h1-5H,6H2,(H,13,15)(H,14,16)(H,17,18)/b4-3+. The fraction of sp³-hybridized carbons (Fsp3) is 0.0833. The quantitative estimate of drug-likeness (QED) is 0.686. The second-order valence-corrected chi connectivity index (χ2v) is 3.76. The van der Waals surface area contributed by atoms with Gasteiger partial charge in [0, 0.05) is 23.5 Å². The molecule has 1 aliphatic heterocycles.